The van der Waals surface area contributed by atoms with Gasteiger partial charge >= 0.3 is 5.97 Å². The highest BCUT2D eigenvalue weighted by Gasteiger charge is 2.18. The van der Waals surface area contributed by atoms with Gasteiger partial charge in [-0.2, -0.15) is 0 Å². The zero-order valence-electron chi connectivity index (χ0n) is 44.4. The minimum Gasteiger partial charge on any atom is -0.466 e. The molecule has 3 N–H and O–H groups in total. The van der Waals surface area contributed by atoms with Crippen LogP contribution in [0.15, 0.2) is 24.3 Å². The molecule has 0 saturated carbocycles. The van der Waals surface area contributed by atoms with Crippen molar-refractivity contribution in [2.75, 3.05) is 13.2 Å². The summed E-state index contributed by atoms with van der Waals surface area (Å²) in [6, 6.07) is -0.639. The maximum absolute atomic E-state index is 12.5. The lowest BCUT2D eigenvalue weighted by molar-refractivity contribution is -0.143. The number of hydrogen-bond donors (Lipinski definition) is 3. The Kier molecular flexibility index (Phi) is 54.5. The van der Waals surface area contributed by atoms with Crippen LogP contribution in [0, 0.1) is 0 Å². The molecule has 0 radical (unpaired) electrons. The van der Waals surface area contributed by atoms with Crippen molar-refractivity contribution in [1.29, 1.82) is 0 Å². The second kappa shape index (κ2) is 55.9. The highest BCUT2D eigenvalue weighted by atomic mass is 16.5. The molecule has 0 heterocycles. The zero-order chi connectivity index (χ0) is 47.9. The van der Waals surface area contributed by atoms with Crippen molar-refractivity contribution < 1.29 is 24.5 Å². The molecule has 0 aromatic heterocycles. The first kappa shape index (κ1) is 64.3. The van der Waals surface area contributed by atoms with E-state index in [2.05, 4.69) is 31.3 Å². The van der Waals surface area contributed by atoms with Crippen molar-refractivity contribution in [2.24, 2.45) is 0 Å². The molecule has 2 unspecified atom stereocenters. The Morgan fingerprint density at radius 3 is 1.08 bits per heavy atom. The largest absolute Gasteiger partial charge is 0.466 e. The first-order valence-corrected chi connectivity index (χ1v) is 29.6. The van der Waals surface area contributed by atoms with E-state index in [1.54, 1.807) is 6.08 Å². The van der Waals surface area contributed by atoms with E-state index in [0.717, 1.165) is 70.6 Å². The Morgan fingerprint density at radius 1 is 0.409 bits per heavy atom. The van der Waals surface area contributed by atoms with E-state index in [1.807, 2.05) is 6.08 Å². The fraction of sp³-hybridized carbons (Fsp3) is 0.900. The summed E-state index contributed by atoms with van der Waals surface area (Å²) in [4.78, 5) is 24.5. The van der Waals surface area contributed by atoms with Gasteiger partial charge in [0.25, 0.3) is 0 Å². The van der Waals surface area contributed by atoms with E-state index in [9.17, 15) is 19.8 Å². The number of carbonyl (C=O) groups excluding carboxylic acids is 2. The SMILES string of the molecule is CCCCCCCCCCCCCCCC/C=C/C(O)C(CO)NC(=O)CCCCCCCCC/C=C\CCCCCCOC(=O)CCCCCCCCCCCCCCCCCCCC. The highest BCUT2D eigenvalue weighted by Crippen LogP contribution is 2.17. The molecule has 66 heavy (non-hydrogen) atoms. The molecule has 0 aromatic carbocycles. The number of carbonyl (C=O) groups is 2. The molecule has 6 heteroatoms. The predicted molar refractivity (Wildman–Crippen MR) is 287 cm³/mol. The standard InChI is InChI=1S/C60H115NO5/c1-3-5-7-9-11-13-15-17-19-21-22-26-30-34-38-42-46-50-54-60(65)66-55-51-47-43-39-35-31-27-23-25-29-33-37-41-45-49-53-59(64)61-57(56-62)58(63)52-48-44-40-36-32-28-24-20-18-16-14-12-10-8-6-4-2/h27,31,48,52,57-58,62-63H,3-26,28-30,32-47,49-51,53-56H2,1-2H3,(H,61,64)/b31-27-,52-48+. The molecular formula is C60H115NO5. The van der Waals surface area contributed by atoms with Crippen LogP contribution < -0.4 is 5.32 Å². The average molecular weight is 931 g/mol. The first-order valence-electron chi connectivity index (χ1n) is 29.6. The van der Waals surface area contributed by atoms with Gasteiger partial charge in [0.15, 0.2) is 0 Å². The first-order chi connectivity index (χ1) is 32.5. The third-order valence-corrected chi connectivity index (χ3v) is 13.7. The third kappa shape index (κ3) is 51.7. The molecule has 0 aliphatic heterocycles. The number of ether oxygens (including phenoxy) is 1. The van der Waals surface area contributed by atoms with Crippen molar-refractivity contribution in [3.8, 4) is 0 Å². The van der Waals surface area contributed by atoms with Crippen molar-refractivity contribution >= 4 is 11.9 Å². The fourth-order valence-electron chi connectivity index (χ4n) is 9.16. The molecule has 0 aliphatic rings. The predicted octanol–water partition coefficient (Wildman–Crippen LogP) is 18.2. The smallest absolute Gasteiger partial charge is 0.305 e. The van der Waals surface area contributed by atoms with Gasteiger partial charge in [-0.15, -0.1) is 0 Å². The van der Waals surface area contributed by atoms with Crippen LogP contribution in [0.2, 0.25) is 0 Å². The summed E-state index contributed by atoms with van der Waals surface area (Å²) in [7, 11) is 0. The van der Waals surface area contributed by atoms with Crippen LogP contribution in [0.1, 0.15) is 322 Å². The van der Waals surface area contributed by atoms with Crippen LogP contribution in [0.5, 0.6) is 0 Å². The number of hydrogen-bond acceptors (Lipinski definition) is 5. The molecule has 390 valence electrons. The van der Waals surface area contributed by atoms with E-state index in [4.69, 9.17) is 4.74 Å². The van der Waals surface area contributed by atoms with Gasteiger partial charge in [0, 0.05) is 12.8 Å². The van der Waals surface area contributed by atoms with Crippen molar-refractivity contribution in [1.82, 2.24) is 5.32 Å². The van der Waals surface area contributed by atoms with Crippen LogP contribution in [0.3, 0.4) is 0 Å². The molecule has 0 aliphatic carbocycles. The molecule has 2 atom stereocenters. The maximum Gasteiger partial charge on any atom is 0.305 e. The summed E-state index contributed by atoms with van der Waals surface area (Å²) in [6.45, 7) is 4.89. The quantitative estimate of drug-likeness (QED) is 0.0321. The summed E-state index contributed by atoms with van der Waals surface area (Å²) >= 11 is 0. The van der Waals surface area contributed by atoms with Gasteiger partial charge in [-0.1, -0.05) is 276 Å². The third-order valence-electron chi connectivity index (χ3n) is 13.7. The molecule has 0 fully saturated rings. The number of rotatable bonds is 55. The van der Waals surface area contributed by atoms with Gasteiger partial charge < -0.3 is 20.3 Å². The van der Waals surface area contributed by atoms with Gasteiger partial charge in [0.1, 0.15) is 0 Å². The van der Waals surface area contributed by atoms with Gasteiger partial charge in [-0.25, -0.2) is 0 Å². The number of allylic oxidation sites excluding steroid dienone is 3. The van der Waals surface area contributed by atoms with Crippen molar-refractivity contribution in [3.63, 3.8) is 0 Å². The molecular weight excluding hydrogens is 815 g/mol. The summed E-state index contributed by atoms with van der Waals surface area (Å²) in [5, 5.41) is 23.1. The fourth-order valence-corrected chi connectivity index (χ4v) is 9.16. The molecule has 0 rings (SSSR count). The summed E-state index contributed by atoms with van der Waals surface area (Å²) in [5.41, 5.74) is 0. The maximum atomic E-state index is 12.5. The lowest BCUT2D eigenvalue weighted by atomic mass is 10.0. The van der Waals surface area contributed by atoms with E-state index in [0.29, 0.717) is 19.4 Å². The van der Waals surface area contributed by atoms with E-state index in [1.165, 1.54) is 225 Å². The molecule has 0 bridgehead atoms. The number of amides is 1. The van der Waals surface area contributed by atoms with Gasteiger partial charge in [0.05, 0.1) is 25.4 Å². The van der Waals surface area contributed by atoms with E-state index < -0.39 is 12.1 Å². The summed E-state index contributed by atoms with van der Waals surface area (Å²) in [5.74, 6) is -0.0880. The second-order valence-electron chi connectivity index (χ2n) is 20.3. The Morgan fingerprint density at radius 2 is 0.712 bits per heavy atom. The summed E-state index contributed by atoms with van der Waals surface area (Å²) in [6.07, 6.45) is 67.7. The minimum absolute atomic E-state index is 0.00658. The van der Waals surface area contributed by atoms with E-state index in [-0.39, 0.29) is 18.5 Å². The Labute approximate surface area is 411 Å². The van der Waals surface area contributed by atoms with Crippen molar-refractivity contribution in [2.45, 2.75) is 334 Å². The van der Waals surface area contributed by atoms with Gasteiger partial charge in [-0.05, 0) is 57.8 Å². The highest BCUT2D eigenvalue weighted by molar-refractivity contribution is 5.76. The lowest BCUT2D eigenvalue weighted by Crippen LogP contribution is -2.45. The molecule has 6 nitrogen and oxygen atoms in total. The lowest BCUT2D eigenvalue weighted by Gasteiger charge is -2.20. The van der Waals surface area contributed by atoms with Crippen LogP contribution in [0.4, 0.5) is 0 Å². The van der Waals surface area contributed by atoms with Crippen LogP contribution >= 0.6 is 0 Å². The zero-order valence-corrected chi connectivity index (χ0v) is 44.4. The number of nitrogens with one attached hydrogen (secondary N) is 1. The Hall–Kier alpha value is -1.66. The minimum atomic E-state index is -0.854. The van der Waals surface area contributed by atoms with Gasteiger partial charge in [-0.3, -0.25) is 9.59 Å². The molecule has 0 aromatic rings. The van der Waals surface area contributed by atoms with Crippen LogP contribution in [-0.4, -0.2) is 47.4 Å². The molecule has 0 saturated heterocycles. The monoisotopic (exact) mass is 930 g/mol. The van der Waals surface area contributed by atoms with Crippen molar-refractivity contribution in [3.05, 3.63) is 24.3 Å². The summed E-state index contributed by atoms with van der Waals surface area (Å²) < 4.78 is 5.48. The van der Waals surface area contributed by atoms with Gasteiger partial charge in [0.2, 0.25) is 5.91 Å². The Bertz CT molecular complexity index is 1030. The molecule has 1 amide bonds. The van der Waals surface area contributed by atoms with E-state index >= 15 is 0 Å². The number of unbranched alkanes of at least 4 members (excludes halogenated alkanes) is 42. The number of aliphatic hydroxyl groups is 2. The molecule has 0 spiro atoms. The van der Waals surface area contributed by atoms with Crippen LogP contribution in [-0.2, 0) is 14.3 Å². The number of esters is 1. The van der Waals surface area contributed by atoms with Crippen LogP contribution in [0.25, 0.3) is 0 Å². The topological polar surface area (TPSA) is 95.9 Å². The number of aliphatic hydroxyl groups excluding tert-OH is 2. The normalized spacial score (nSPS) is 12.7. The second-order valence-corrected chi connectivity index (χ2v) is 20.3. The Balaban J connectivity index is 3.47. The average Bonchev–Trinajstić information content (AvgIpc) is 3.32.